The molecule has 5 heteroatoms. The van der Waals surface area contributed by atoms with Gasteiger partial charge in [0, 0.05) is 0 Å². The summed E-state index contributed by atoms with van der Waals surface area (Å²) in [5.74, 6) is 1.70. The Labute approximate surface area is 146 Å². The van der Waals surface area contributed by atoms with Crippen LogP contribution in [0.4, 0.5) is 0 Å². The van der Waals surface area contributed by atoms with Gasteiger partial charge in [-0.05, 0) is 0 Å². The maximum absolute atomic E-state index is 6.07. The third-order valence-corrected chi connectivity index (χ3v) is 11.6. The Balaban J connectivity index is 3.44. The van der Waals surface area contributed by atoms with Crippen molar-refractivity contribution in [3.63, 3.8) is 0 Å². The minimum atomic E-state index is -3.20. The molecule has 134 valence electrons. The van der Waals surface area contributed by atoms with Crippen molar-refractivity contribution in [2.24, 2.45) is 0 Å². The van der Waals surface area contributed by atoms with Crippen LogP contribution >= 0.6 is 0 Å². The van der Waals surface area contributed by atoms with Crippen LogP contribution in [-0.4, -0.2) is 8.80 Å². The van der Waals surface area contributed by atoms with E-state index in [9.17, 15) is 0 Å². The fourth-order valence-corrected chi connectivity index (χ4v) is 9.99. The molecule has 0 spiro atoms. The maximum atomic E-state index is 6.07. The molecule has 0 aromatic rings. The van der Waals surface area contributed by atoms with Gasteiger partial charge in [-0.3, -0.25) is 0 Å². The van der Waals surface area contributed by atoms with Gasteiger partial charge < -0.3 is 0 Å². The number of hydrogen-bond acceptors (Lipinski definition) is 3. The minimum absolute atomic E-state index is 0.568. The zero-order chi connectivity index (χ0) is 18.0. The Morgan fingerprint density at radius 3 is 1.61 bits per heavy atom. The molecule has 0 aromatic heterocycles. The van der Waals surface area contributed by atoms with Crippen molar-refractivity contribution in [2.75, 3.05) is 0 Å². The average molecular weight is 518 g/mol. The predicted octanol–water partition coefficient (Wildman–Crippen LogP) is 6.02. The van der Waals surface area contributed by atoms with E-state index in [4.69, 9.17) is 13.3 Å². The van der Waals surface area contributed by atoms with Gasteiger partial charge in [0.25, 0.3) is 0 Å². The summed E-state index contributed by atoms with van der Waals surface area (Å²) in [5.41, 5.74) is 1.25. The summed E-state index contributed by atoms with van der Waals surface area (Å²) in [6.45, 7) is 19.2. The molecule has 0 bridgehead atoms. The Morgan fingerprint density at radius 1 is 0.957 bits per heavy atom. The van der Waals surface area contributed by atoms with Crippen LogP contribution in [0.5, 0.6) is 0 Å². The Morgan fingerprint density at radius 2 is 1.35 bits per heavy atom. The molecule has 0 unspecified atom stereocenters. The van der Waals surface area contributed by atoms with Crippen molar-refractivity contribution in [3.05, 3.63) is 57.8 Å². The monoisotopic (exact) mass is 517 g/mol. The summed E-state index contributed by atoms with van der Waals surface area (Å²) in [6, 6.07) is 0. The molecule has 3 nitrogen and oxygen atoms in total. The summed E-state index contributed by atoms with van der Waals surface area (Å²) in [4.78, 5) is 0. The van der Waals surface area contributed by atoms with E-state index in [-0.39, 0.29) is 0 Å². The van der Waals surface area contributed by atoms with Crippen molar-refractivity contribution in [1.29, 1.82) is 0 Å². The van der Waals surface area contributed by atoms with Gasteiger partial charge in [0.15, 0.2) is 0 Å². The molecule has 1 aliphatic carbocycles. The van der Waals surface area contributed by atoms with Gasteiger partial charge in [-0.25, -0.2) is 0 Å². The van der Waals surface area contributed by atoms with E-state index in [1.807, 2.05) is 20.8 Å². The molecule has 0 radical (unpaired) electrons. The third kappa shape index (κ3) is 4.99. The summed E-state index contributed by atoms with van der Waals surface area (Å²) < 4.78 is 19.8. The fourth-order valence-electron chi connectivity index (χ4n) is 2.45. The van der Waals surface area contributed by atoms with Gasteiger partial charge >= 0.3 is 146 Å². The Kier molecular flexibility index (Phi) is 6.34. The fraction of sp³-hybridized carbons (Fsp3) is 0.444. The van der Waals surface area contributed by atoms with Crippen molar-refractivity contribution in [1.82, 2.24) is 0 Å². The Hall–Kier alpha value is -0.995. The van der Waals surface area contributed by atoms with E-state index in [1.54, 1.807) is 3.96 Å². The first-order chi connectivity index (χ1) is 10.4. The molecule has 0 saturated heterocycles. The number of rotatable bonds is 8. The molecule has 0 saturated carbocycles. The molecule has 0 aliphatic heterocycles. The summed E-state index contributed by atoms with van der Waals surface area (Å²) in [6.07, 6.45) is 3.15. The predicted molar refractivity (Wildman–Crippen MR) is 96.4 cm³/mol. The van der Waals surface area contributed by atoms with Gasteiger partial charge in [0.1, 0.15) is 0 Å². The molecular weight excluding hydrogens is 487 g/mol. The van der Waals surface area contributed by atoms with Crippen molar-refractivity contribution < 1.29 is 29.3 Å². The van der Waals surface area contributed by atoms with Crippen molar-refractivity contribution in [2.45, 2.75) is 50.1 Å². The molecule has 0 N–H and O–H groups in total. The molecule has 0 fully saturated rings. The topological polar surface area (TPSA) is 27.7 Å². The molecule has 0 aromatic carbocycles. The molecule has 1 aliphatic rings. The second-order valence-electron chi connectivity index (χ2n) is 6.21. The van der Waals surface area contributed by atoms with Crippen LogP contribution < -0.4 is 0 Å². The van der Waals surface area contributed by atoms with Gasteiger partial charge in [-0.1, -0.05) is 0 Å². The van der Waals surface area contributed by atoms with Crippen LogP contribution in [0.3, 0.4) is 0 Å². The molecule has 0 atom stereocenters. The van der Waals surface area contributed by atoms with E-state index in [2.05, 4.69) is 48.7 Å². The van der Waals surface area contributed by atoms with E-state index in [0.29, 0.717) is 17.3 Å². The Bertz CT molecular complexity index is 553. The van der Waals surface area contributed by atoms with Crippen LogP contribution in [-0.2, 0) is 29.3 Å². The number of allylic oxidation sites excluding steroid dienone is 7. The normalized spacial score (nSPS) is 15.9. The molecular formula is C18H30O3PtSi. The second-order valence-corrected chi connectivity index (χ2v) is 20.1. The van der Waals surface area contributed by atoms with Crippen molar-refractivity contribution in [3.8, 4) is 0 Å². The van der Waals surface area contributed by atoms with Crippen LogP contribution in [0.1, 0.15) is 34.1 Å². The standard InChI is InChI=1S/C15H21O3Si.3CH3.Pt/c1-11(2)16-19(17-12(3)4,18-13(5)6)15-10-8-9-14(15)7;;;;/h10H,1,3,5,8H2,2,4,6-7H3;3*1H3;. The van der Waals surface area contributed by atoms with Crippen LogP contribution in [0.15, 0.2) is 57.8 Å². The van der Waals surface area contributed by atoms with E-state index in [0.717, 1.165) is 11.6 Å². The second kappa shape index (κ2) is 7.27. The van der Waals surface area contributed by atoms with E-state index < -0.39 is 24.9 Å². The number of hydrogen-bond donors (Lipinski definition) is 0. The zero-order valence-corrected chi connectivity index (χ0v) is 18.7. The quantitative estimate of drug-likeness (QED) is 0.291. The summed E-state index contributed by atoms with van der Waals surface area (Å²) >= 11 is -1.86. The first-order valence-corrected chi connectivity index (χ1v) is 16.9. The van der Waals surface area contributed by atoms with Gasteiger partial charge in [0.2, 0.25) is 0 Å². The molecule has 1 rings (SSSR count). The van der Waals surface area contributed by atoms with E-state index in [1.165, 1.54) is 5.57 Å². The SMILES string of the molecule is C=C(C)O[Si](OC(=C)C)(OC(=C)C)C1=CC[C]([Pt]([CH3])([CH3])[CH3])=C1C. The first kappa shape index (κ1) is 20.1. The zero-order valence-electron chi connectivity index (χ0n) is 15.4. The molecule has 0 heterocycles. The summed E-state index contributed by atoms with van der Waals surface area (Å²) in [5, 5.41) is 8.21. The van der Waals surface area contributed by atoms with Crippen LogP contribution in [0, 0.1) is 0 Å². The third-order valence-electron chi connectivity index (χ3n) is 3.09. The van der Waals surface area contributed by atoms with Gasteiger partial charge in [-0.15, -0.1) is 0 Å². The van der Waals surface area contributed by atoms with Gasteiger partial charge in [-0.2, -0.15) is 0 Å². The molecule has 23 heavy (non-hydrogen) atoms. The van der Waals surface area contributed by atoms with Crippen LogP contribution in [0.25, 0.3) is 0 Å². The molecule has 0 amide bonds. The van der Waals surface area contributed by atoms with E-state index >= 15 is 0 Å². The van der Waals surface area contributed by atoms with Crippen molar-refractivity contribution >= 4 is 8.80 Å². The first-order valence-electron chi connectivity index (χ1n) is 7.19. The summed E-state index contributed by atoms with van der Waals surface area (Å²) in [7, 11) is -3.20. The van der Waals surface area contributed by atoms with Gasteiger partial charge in [0.05, 0.1) is 0 Å². The average Bonchev–Trinajstić information content (AvgIpc) is 2.67. The van der Waals surface area contributed by atoms with Crippen LogP contribution in [0.2, 0.25) is 15.9 Å².